The van der Waals surface area contributed by atoms with Crippen molar-refractivity contribution >= 4 is 21.9 Å². The van der Waals surface area contributed by atoms with E-state index in [-0.39, 0.29) is 0 Å². The molecular weight excluding hydrogens is 250 g/mol. The fourth-order valence-electron chi connectivity index (χ4n) is 0.611. The molecule has 1 aromatic rings. The monoisotopic (exact) mass is 261 g/mol. The lowest BCUT2D eigenvalue weighted by Crippen LogP contribution is -1.87. The van der Waals surface area contributed by atoms with Crippen LogP contribution in [0.1, 0.15) is 12.5 Å². The smallest absolute Gasteiger partial charge is 0.300 e. The minimum absolute atomic E-state index is 0.657. The summed E-state index contributed by atoms with van der Waals surface area (Å²) < 4.78 is 4.89. The van der Waals surface area contributed by atoms with Crippen LogP contribution in [0.2, 0.25) is 0 Å². The Hall–Kier alpha value is -1.10. The Balaban J connectivity index is 0.000000364. The molecular formula is C9H12BrNO3. The van der Waals surface area contributed by atoms with Gasteiger partial charge in [0.15, 0.2) is 0 Å². The van der Waals surface area contributed by atoms with Crippen molar-refractivity contribution in [3.8, 4) is 5.88 Å². The van der Waals surface area contributed by atoms with Gasteiger partial charge in [-0.25, -0.2) is 4.98 Å². The molecule has 1 heterocycles. The molecule has 0 fully saturated rings. The second-order valence-electron chi connectivity index (χ2n) is 2.36. The predicted molar refractivity (Wildman–Crippen MR) is 56.7 cm³/mol. The maximum absolute atomic E-state index is 9.00. The fourth-order valence-corrected chi connectivity index (χ4v) is 0.942. The fraction of sp³-hybridized carbons (Fsp3) is 0.333. The number of carboxylic acid groups (broad SMARTS) is 1. The number of rotatable bonds is 2. The van der Waals surface area contributed by atoms with Gasteiger partial charge in [0, 0.05) is 24.5 Å². The van der Waals surface area contributed by atoms with Crippen molar-refractivity contribution in [2.45, 2.75) is 12.3 Å². The van der Waals surface area contributed by atoms with Gasteiger partial charge in [-0.15, -0.1) is 0 Å². The molecule has 0 aromatic carbocycles. The quantitative estimate of drug-likeness (QED) is 0.829. The highest BCUT2D eigenvalue weighted by atomic mass is 79.9. The first kappa shape index (κ1) is 12.9. The summed E-state index contributed by atoms with van der Waals surface area (Å²) in [5.41, 5.74) is 1.15. The molecule has 0 unspecified atom stereocenters. The highest BCUT2D eigenvalue weighted by Crippen LogP contribution is 2.08. The van der Waals surface area contributed by atoms with Crippen LogP contribution in [0.25, 0.3) is 0 Å². The number of hydrogen-bond acceptors (Lipinski definition) is 3. The predicted octanol–water partition coefficient (Wildman–Crippen LogP) is 2.08. The molecule has 0 atom stereocenters. The van der Waals surface area contributed by atoms with Gasteiger partial charge in [-0.3, -0.25) is 4.79 Å². The van der Waals surface area contributed by atoms with Crippen molar-refractivity contribution in [3.05, 3.63) is 23.9 Å². The Morgan fingerprint density at radius 2 is 2.21 bits per heavy atom. The summed E-state index contributed by atoms with van der Waals surface area (Å²) in [6.07, 6.45) is 1.79. The number of carbonyl (C=O) groups is 1. The average Bonchev–Trinajstić information content (AvgIpc) is 2.17. The lowest BCUT2D eigenvalue weighted by molar-refractivity contribution is -0.134. The van der Waals surface area contributed by atoms with Crippen LogP contribution in [0.15, 0.2) is 18.3 Å². The average molecular weight is 262 g/mol. The van der Waals surface area contributed by atoms with Gasteiger partial charge >= 0.3 is 0 Å². The van der Waals surface area contributed by atoms with E-state index in [1.165, 1.54) is 0 Å². The number of alkyl halides is 1. The Morgan fingerprint density at radius 3 is 2.50 bits per heavy atom. The highest BCUT2D eigenvalue weighted by Gasteiger charge is 1.91. The molecule has 4 nitrogen and oxygen atoms in total. The summed E-state index contributed by atoms with van der Waals surface area (Å²) in [4.78, 5) is 13.0. The van der Waals surface area contributed by atoms with Crippen molar-refractivity contribution in [2.24, 2.45) is 0 Å². The van der Waals surface area contributed by atoms with Gasteiger partial charge in [-0.1, -0.05) is 22.0 Å². The third-order valence-corrected chi connectivity index (χ3v) is 1.81. The highest BCUT2D eigenvalue weighted by molar-refractivity contribution is 9.08. The molecule has 14 heavy (non-hydrogen) atoms. The number of nitrogens with zero attached hydrogens (tertiary/aromatic N) is 1. The van der Waals surface area contributed by atoms with Crippen molar-refractivity contribution in [1.82, 2.24) is 4.98 Å². The lowest BCUT2D eigenvalue weighted by atomic mass is 10.3. The Kier molecular flexibility index (Phi) is 6.74. The van der Waals surface area contributed by atoms with Crippen molar-refractivity contribution in [2.75, 3.05) is 7.11 Å². The van der Waals surface area contributed by atoms with E-state index in [1.54, 1.807) is 13.3 Å². The molecule has 0 amide bonds. The topological polar surface area (TPSA) is 59.4 Å². The molecule has 0 aliphatic heterocycles. The van der Waals surface area contributed by atoms with Crippen LogP contribution in [0.5, 0.6) is 5.88 Å². The van der Waals surface area contributed by atoms with E-state index in [2.05, 4.69) is 20.9 Å². The van der Waals surface area contributed by atoms with E-state index in [0.717, 1.165) is 17.8 Å². The minimum Gasteiger partial charge on any atom is -0.481 e. The van der Waals surface area contributed by atoms with Crippen LogP contribution in [0.4, 0.5) is 0 Å². The summed E-state index contributed by atoms with van der Waals surface area (Å²) >= 11 is 3.32. The van der Waals surface area contributed by atoms with E-state index in [1.807, 2.05) is 12.1 Å². The minimum atomic E-state index is -0.833. The van der Waals surface area contributed by atoms with Crippen LogP contribution in [-0.2, 0) is 10.1 Å². The van der Waals surface area contributed by atoms with E-state index in [4.69, 9.17) is 14.6 Å². The van der Waals surface area contributed by atoms with Crippen molar-refractivity contribution < 1.29 is 14.6 Å². The number of aliphatic carboxylic acids is 1. The second kappa shape index (κ2) is 7.32. The molecule has 0 aliphatic rings. The Bertz CT molecular complexity index is 247. The zero-order valence-corrected chi connectivity index (χ0v) is 9.61. The van der Waals surface area contributed by atoms with Gasteiger partial charge < -0.3 is 9.84 Å². The Labute approximate surface area is 91.1 Å². The van der Waals surface area contributed by atoms with Crippen molar-refractivity contribution in [3.63, 3.8) is 0 Å². The molecule has 0 aliphatic carbocycles. The van der Waals surface area contributed by atoms with Gasteiger partial charge in [-0.05, 0) is 5.56 Å². The maximum atomic E-state index is 9.00. The summed E-state index contributed by atoms with van der Waals surface area (Å²) in [7, 11) is 1.61. The summed E-state index contributed by atoms with van der Waals surface area (Å²) in [6, 6.07) is 3.82. The van der Waals surface area contributed by atoms with Gasteiger partial charge in [0.1, 0.15) is 0 Å². The summed E-state index contributed by atoms with van der Waals surface area (Å²) in [5, 5.41) is 8.25. The number of pyridine rings is 1. The second-order valence-corrected chi connectivity index (χ2v) is 2.92. The normalized spacial score (nSPS) is 8.50. The van der Waals surface area contributed by atoms with Gasteiger partial charge in [-0.2, -0.15) is 0 Å². The van der Waals surface area contributed by atoms with E-state index < -0.39 is 5.97 Å². The molecule has 5 heteroatoms. The third-order valence-electron chi connectivity index (χ3n) is 1.16. The van der Waals surface area contributed by atoms with E-state index in [9.17, 15) is 0 Å². The SMILES string of the molecule is CC(=O)O.COc1ccc(CBr)cn1. The molecule has 0 bridgehead atoms. The number of carboxylic acids is 1. The van der Waals surface area contributed by atoms with Gasteiger partial charge in [0.05, 0.1) is 7.11 Å². The molecule has 0 radical (unpaired) electrons. The van der Waals surface area contributed by atoms with Crippen LogP contribution in [-0.4, -0.2) is 23.2 Å². The van der Waals surface area contributed by atoms with Crippen LogP contribution in [0.3, 0.4) is 0 Å². The molecule has 0 saturated carbocycles. The van der Waals surface area contributed by atoms with Crippen molar-refractivity contribution in [1.29, 1.82) is 0 Å². The molecule has 1 N–H and O–H groups in total. The largest absolute Gasteiger partial charge is 0.481 e. The van der Waals surface area contributed by atoms with Crippen LogP contribution < -0.4 is 4.74 Å². The first-order valence-corrected chi connectivity index (χ1v) is 4.96. The van der Waals surface area contributed by atoms with Crippen LogP contribution in [0, 0.1) is 0 Å². The van der Waals surface area contributed by atoms with Gasteiger partial charge in [0.25, 0.3) is 5.97 Å². The first-order chi connectivity index (χ1) is 6.60. The maximum Gasteiger partial charge on any atom is 0.300 e. The first-order valence-electron chi connectivity index (χ1n) is 3.84. The zero-order valence-electron chi connectivity index (χ0n) is 8.03. The molecule has 1 aromatic heterocycles. The number of aromatic nitrogens is 1. The number of halogens is 1. The molecule has 0 spiro atoms. The Morgan fingerprint density at radius 1 is 1.64 bits per heavy atom. The zero-order chi connectivity index (χ0) is 11.0. The number of hydrogen-bond donors (Lipinski definition) is 1. The van der Waals surface area contributed by atoms with Crippen LogP contribution >= 0.6 is 15.9 Å². The molecule has 1 rings (SSSR count). The third kappa shape index (κ3) is 6.42. The summed E-state index contributed by atoms with van der Waals surface area (Å²) in [5.74, 6) is -0.176. The molecule has 78 valence electrons. The number of ether oxygens (including phenoxy) is 1. The number of methoxy groups -OCH3 is 1. The van der Waals surface area contributed by atoms with E-state index >= 15 is 0 Å². The standard InChI is InChI=1S/C7H8BrNO.C2H4O2/c1-10-7-3-2-6(4-8)5-9-7;1-2(3)4/h2-3,5H,4H2,1H3;1H3,(H,3,4). The lowest BCUT2D eigenvalue weighted by Gasteiger charge is -1.97. The van der Waals surface area contributed by atoms with Gasteiger partial charge in [0.2, 0.25) is 5.88 Å². The molecule has 0 saturated heterocycles. The van der Waals surface area contributed by atoms with E-state index in [0.29, 0.717) is 5.88 Å². The summed E-state index contributed by atoms with van der Waals surface area (Å²) in [6.45, 7) is 1.08.